The molecule has 1 aromatic carbocycles. The lowest BCUT2D eigenvalue weighted by molar-refractivity contribution is -0.147. The van der Waals surface area contributed by atoms with Gasteiger partial charge in [-0.25, -0.2) is 8.42 Å². The van der Waals surface area contributed by atoms with E-state index in [-0.39, 0.29) is 11.3 Å². The molecule has 150 valence electrons. The van der Waals surface area contributed by atoms with Gasteiger partial charge in [0.2, 0.25) is 10.0 Å². The number of carbonyl (C=O) groups is 2. The maximum atomic E-state index is 12.6. The lowest BCUT2D eigenvalue weighted by Gasteiger charge is -2.16. The van der Waals surface area contributed by atoms with E-state index in [0.717, 1.165) is 12.8 Å². The minimum absolute atomic E-state index is 0.102. The fraction of sp³-hybridized carbons (Fsp3) is 0.368. The summed E-state index contributed by atoms with van der Waals surface area (Å²) < 4.78 is 36.7. The van der Waals surface area contributed by atoms with E-state index in [0.29, 0.717) is 31.0 Å². The van der Waals surface area contributed by atoms with Gasteiger partial charge in [0.05, 0.1) is 17.6 Å². The Kier molecular flexibility index (Phi) is 6.48. The zero-order valence-corrected chi connectivity index (χ0v) is 16.1. The molecule has 8 nitrogen and oxygen atoms in total. The minimum atomic E-state index is -3.56. The van der Waals surface area contributed by atoms with Gasteiger partial charge in [-0.2, -0.15) is 4.31 Å². The summed E-state index contributed by atoms with van der Waals surface area (Å²) in [6.45, 7) is 0.569. The maximum Gasteiger partial charge on any atom is 0.306 e. The molecule has 3 rings (SSSR count). The van der Waals surface area contributed by atoms with Crippen LogP contribution in [0.3, 0.4) is 0 Å². The average Bonchev–Trinajstić information content (AvgIpc) is 3.39. The van der Waals surface area contributed by atoms with Crippen molar-refractivity contribution in [3.8, 4) is 0 Å². The SMILES string of the molecule is O=C(COC(=O)CCc1ccco1)Nc1cccc(S(=O)(=O)N2CCCC2)c1. The number of esters is 1. The monoisotopic (exact) mass is 406 g/mol. The van der Waals surface area contributed by atoms with Crippen molar-refractivity contribution in [1.29, 1.82) is 0 Å². The van der Waals surface area contributed by atoms with Crippen molar-refractivity contribution in [2.24, 2.45) is 0 Å². The molecule has 1 aromatic heterocycles. The molecule has 0 saturated carbocycles. The molecule has 0 bridgehead atoms. The second-order valence-electron chi connectivity index (χ2n) is 6.43. The Labute approximate surface area is 163 Å². The van der Waals surface area contributed by atoms with Gasteiger partial charge in [-0.3, -0.25) is 9.59 Å². The predicted molar refractivity (Wildman–Crippen MR) is 101 cm³/mol. The number of nitrogens with zero attached hydrogens (tertiary/aromatic N) is 1. The molecule has 0 aliphatic carbocycles. The molecular weight excluding hydrogens is 384 g/mol. The van der Waals surface area contributed by atoms with Crippen LogP contribution in [-0.2, 0) is 30.8 Å². The average molecular weight is 406 g/mol. The second kappa shape index (κ2) is 9.03. The number of anilines is 1. The fourth-order valence-electron chi connectivity index (χ4n) is 2.91. The summed E-state index contributed by atoms with van der Waals surface area (Å²) in [6.07, 6.45) is 3.71. The quantitative estimate of drug-likeness (QED) is 0.674. The molecular formula is C19H22N2O6S. The van der Waals surface area contributed by atoms with Crippen LogP contribution >= 0.6 is 0 Å². The Morgan fingerprint density at radius 2 is 1.93 bits per heavy atom. The van der Waals surface area contributed by atoms with E-state index in [1.54, 1.807) is 24.3 Å². The van der Waals surface area contributed by atoms with E-state index in [4.69, 9.17) is 9.15 Å². The van der Waals surface area contributed by atoms with Crippen LogP contribution in [0, 0.1) is 0 Å². The molecule has 1 fully saturated rings. The van der Waals surface area contributed by atoms with E-state index in [1.807, 2.05) is 0 Å². The Morgan fingerprint density at radius 3 is 2.64 bits per heavy atom. The van der Waals surface area contributed by atoms with Crippen molar-refractivity contribution in [3.05, 3.63) is 48.4 Å². The number of carbonyl (C=O) groups excluding carboxylic acids is 2. The van der Waals surface area contributed by atoms with Gasteiger partial charge in [-0.1, -0.05) is 6.07 Å². The third-order valence-corrected chi connectivity index (χ3v) is 6.24. The van der Waals surface area contributed by atoms with Crippen LogP contribution in [0.5, 0.6) is 0 Å². The van der Waals surface area contributed by atoms with Crippen molar-refractivity contribution in [3.63, 3.8) is 0 Å². The van der Waals surface area contributed by atoms with Crippen LogP contribution in [0.25, 0.3) is 0 Å². The van der Waals surface area contributed by atoms with Crippen LogP contribution in [0.15, 0.2) is 52.0 Å². The fourth-order valence-corrected chi connectivity index (χ4v) is 4.47. The zero-order valence-electron chi connectivity index (χ0n) is 15.3. The first-order valence-corrected chi connectivity index (χ1v) is 10.5. The third-order valence-electron chi connectivity index (χ3n) is 4.34. The largest absolute Gasteiger partial charge is 0.469 e. The Hall–Kier alpha value is -2.65. The molecule has 1 saturated heterocycles. The Morgan fingerprint density at radius 1 is 1.14 bits per heavy atom. The first-order valence-electron chi connectivity index (χ1n) is 9.03. The number of aryl methyl sites for hydroxylation is 1. The van der Waals surface area contributed by atoms with Crippen molar-refractivity contribution >= 4 is 27.6 Å². The molecule has 1 amide bonds. The number of benzene rings is 1. The maximum absolute atomic E-state index is 12.6. The molecule has 0 atom stereocenters. The summed E-state index contributed by atoms with van der Waals surface area (Å²) in [5.41, 5.74) is 0.330. The number of hydrogen-bond acceptors (Lipinski definition) is 6. The van der Waals surface area contributed by atoms with Gasteiger partial charge < -0.3 is 14.5 Å². The first kappa shape index (κ1) is 20.1. The second-order valence-corrected chi connectivity index (χ2v) is 8.37. The summed E-state index contributed by atoms with van der Waals surface area (Å²) >= 11 is 0. The molecule has 0 radical (unpaired) electrons. The molecule has 1 aliphatic heterocycles. The van der Waals surface area contributed by atoms with E-state index in [2.05, 4.69) is 5.32 Å². The van der Waals surface area contributed by atoms with Gasteiger partial charge >= 0.3 is 5.97 Å². The van der Waals surface area contributed by atoms with Gasteiger partial charge in [0.25, 0.3) is 5.91 Å². The standard InChI is InChI=1S/C19H22N2O6S/c22-18(14-27-19(23)9-8-16-6-4-12-26-16)20-15-5-3-7-17(13-15)28(24,25)21-10-1-2-11-21/h3-7,12-13H,1-2,8-11,14H2,(H,20,22). The van der Waals surface area contributed by atoms with E-state index in [9.17, 15) is 18.0 Å². The van der Waals surface area contributed by atoms with Gasteiger partial charge in [-0.15, -0.1) is 0 Å². The van der Waals surface area contributed by atoms with Gasteiger partial charge in [0.15, 0.2) is 6.61 Å². The summed E-state index contributed by atoms with van der Waals surface area (Å²) in [6, 6.07) is 9.53. The van der Waals surface area contributed by atoms with Crippen molar-refractivity contribution in [2.75, 3.05) is 25.0 Å². The molecule has 2 heterocycles. The summed E-state index contributed by atoms with van der Waals surface area (Å²) in [5, 5.41) is 2.55. The van der Waals surface area contributed by atoms with Crippen molar-refractivity contribution in [2.45, 2.75) is 30.6 Å². The molecule has 9 heteroatoms. The highest BCUT2D eigenvalue weighted by molar-refractivity contribution is 7.89. The molecule has 1 N–H and O–H groups in total. The summed E-state index contributed by atoms with van der Waals surface area (Å²) in [7, 11) is -3.56. The number of furan rings is 1. The topological polar surface area (TPSA) is 106 Å². The van der Waals surface area contributed by atoms with E-state index < -0.39 is 28.5 Å². The van der Waals surface area contributed by atoms with Crippen LogP contribution in [0.4, 0.5) is 5.69 Å². The van der Waals surface area contributed by atoms with E-state index in [1.165, 1.54) is 22.7 Å². The number of sulfonamides is 1. The lowest BCUT2D eigenvalue weighted by Crippen LogP contribution is -2.28. The highest BCUT2D eigenvalue weighted by Crippen LogP contribution is 2.23. The Bertz CT molecular complexity index is 918. The van der Waals surface area contributed by atoms with Gasteiger partial charge in [0.1, 0.15) is 5.76 Å². The number of nitrogens with one attached hydrogen (secondary N) is 1. The van der Waals surface area contributed by atoms with Crippen molar-refractivity contribution < 1.29 is 27.2 Å². The van der Waals surface area contributed by atoms with Gasteiger partial charge in [0, 0.05) is 25.2 Å². The first-order chi connectivity index (χ1) is 13.4. The Balaban J connectivity index is 1.50. The normalized spacial score (nSPS) is 14.7. The van der Waals surface area contributed by atoms with E-state index >= 15 is 0 Å². The number of rotatable bonds is 8. The van der Waals surface area contributed by atoms with Crippen LogP contribution in [0.2, 0.25) is 0 Å². The lowest BCUT2D eigenvalue weighted by atomic mass is 10.2. The zero-order chi connectivity index (χ0) is 20.0. The van der Waals surface area contributed by atoms with Crippen LogP contribution in [0.1, 0.15) is 25.0 Å². The molecule has 1 aliphatic rings. The smallest absolute Gasteiger partial charge is 0.306 e. The molecule has 2 aromatic rings. The van der Waals surface area contributed by atoms with Crippen LogP contribution < -0.4 is 5.32 Å². The number of ether oxygens (including phenoxy) is 1. The summed E-state index contributed by atoms with van der Waals surface area (Å²) in [5.74, 6) is -0.392. The number of hydrogen-bond donors (Lipinski definition) is 1. The molecule has 0 spiro atoms. The third kappa shape index (κ3) is 5.20. The highest BCUT2D eigenvalue weighted by atomic mass is 32.2. The van der Waals surface area contributed by atoms with Crippen LogP contribution in [-0.4, -0.2) is 44.3 Å². The minimum Gasteiger partial charge on any atom is -0.469 e. The number of amides is 1. The predicted octanol–water partition coefficient (Wildman–Crippen LogP) is 2.18. The highest BCUT2D eigenvalue weighted by Gasteiger charge is 2.27. The van der Waals surface area contributed by atoms with Gasteiger partial charge in [-0.05, 0) is 43.2 Å². The van der Waals surface area contributed by atoms with Crippen molar-refractivity contribution in [1.82, 2.24) is 4.31 Å². The molecule has 28 heavy (non-hydrogen) atoms. The molecule has 0 unspecified atom stereocenters. The summed E-state index contributed by atoms with van der Waals surface area (Å²) in [4.78, 5) is 23.8.